The molecule has 3 aromatic carbocycles. The summed E-state index contributed by atoms with van der Waals surface area (Å²) in [5.41, 5.74) is 5.92. The summed E-state index contributed by atoms with van der Waals surface area (Å²) in [5, 5.41) is 12.7. The van der Waals surface area contributed by atoms with Gasteiger partial charge in [-0.15, -0.1) is 0 Å². The normalized spacial score (nSPS) is 18.5. The molecular formula is C40H44F3N3O5. The molecule has 11 heteroatoms. The minimum atomic E-state index is -1.34. The van der Waals surface area contributed by atoms with Crippen molar-refractivity contribution in [3.05, 3.63) is 106 Å². The number of amides is 2. The number of aliphatic carboxylic acids is 1. The summed E-state index contributed by atoms with van der Waals surface area (Å²) in [4.78, 5) is 42.7. The molecule has 8 nitrogen and oxygen atoms in total. The second-order valence-corrected chi connectivity index (χ2v) is 13.8. The van der Waals surface area contributed by atoms with Crippen LogP contribution in [0.4, 0.5) is 13.2 Å². The predicted molar refractivity (Wildman–Crippen MR) is 187 cm³/mol. The van der Waals surface area contributed by atoms with Crippen molar-refractivity contribution in [1.29, 1.82) is 0 Å². The Morgan fingerprint density at radius 1 is 0.922 bits per heavy atom. The van der Waals surface area contributed by atoms with Crippen molar-refractivity contribution >= 4 is 23.4 Å². The molecule has 2 heterocycles. The molecular weight excluding hydrogens is 659 g/mol. The number of carbonyl (C=O) groups is 3. The van der Waals surface area contributed by atoms with Crippen molar-refractivity contribution in [2.24, 2.45) is 0 Å². The molecule has 0 aromatic heterocycles. The fourth-order valence-corrected chi connectivity index (χ4v) is 7.21. The Morgan fingerprint density at radius 3 is 2.39 bits per heavy atom. The zero-order valence-electron chi connectivity index (χ0n) is 28.8. The maximum absolute atomic E-state index is 14.7. The third kappa shape index (κ3) is 8.81. The molecule has 270 valence electrons. The van der Waals surface area contributed by atoms with Crippen molar-refractivity contribution in [1.82, 2.24) is 15.1 Å². The first-order valence-corrected chi connectivity index (χ1v) is 17.8. The number of nitrogens with one attached hydrogen (secondary N) is 1. The molecule has 2 aliphatic heterocycles. The van der Waals surface area contributed by atoms with Crippen LogP contribution in [0.3, 0.4) is 0 Å². The molecule has 1 saturated carbocycles. The van der Waals surface area contributed by atoms with Gasteiger partial charge in [-0.05, 0) is 91.8 Å². The summed E-state index contributed by atoms with van der Waals surface area (Å²) >= 11 is 0. The highest BCUT2D eigenvalue weighted by Gasteiger charge is 2.43. The highest BCUT2D eigenvalue weighted by molar-refractivity contribution is 6.03. The molecule has 3 aromatic rings. The molecule has 3 aliphatic rings. The van der Waals surface area contributed by atoms with Gasteiger partial charge in [-0.1, -0.05) is 48.5 Å². The van der Waals surface area contributed by atoms with Gasteiger partial charge in [0.1, 0.15) is 0 Å². The van der Waals surface area contributed by atoms with Gasteiger partial charge in [-0.2, -0.15) is 4.39 Å². The number of carboxylic acids is 1. The van der Waals surface area contributed by atoms with Crippen molar-refractivity contribution < 1.29 is 37.4 Å². The quantitative estimate of drug-likeness (QED) is 0.144. The van der Waals surface area contributed by atoms with Crippen LogP contribution >= 0.6 is 0 Å². The molecule has 1 saturated heterocycles. The van der Waals surface area contributed by atoms with E-state index in [1.807, 2.05) is 41.3 Å². The summed E-state index contributed by atoms with van der Waals surface area (Å²) in [6, 6.07) is 17.4. The van der Waals surface area contributed by atoms with E-state index in [-0.39, 0.29) is 55.8 Å². The van der Waals surface area contributed by atoms with Gasteiger partial charge in [0, 0.05) is 50.1 Å². The summed E-state index contributed by atoms with van der Waals surface area (Å²) in [6.45, 7) is 3.47. The average Bonchev–Trinajstić information content (AvgIpc) is 3.95. The third-order valence-corrected chi connectivity index (χ3v) is 10.1. The molecule has 51 heavy (non-hydrogen) atoms. The first-order chi connectivity index (χ1) is 24.6. The van der Waals surface area contributed by atoms with Crippen molar-refractivity contribution in [2.45, 2.75) is 82.8 Å². The van der Waals surface area contributed by atoms with Gasteiger partial charge in [-0.3, -0.25) is 14.4 Å². The molecule has 0 unspecified atom stereocenters. The van der Waals surface area contributed by atoms with Crippen LogP contribution < -0.4 is 10.1 Å². The van der Waals surface area contributed by atoms with Crippen LogP contribution in [0.5, 0.6) is 5.75 Å². The van der Waals surface area contributed by atoms with E-state index < -0.39 is 29.2 Å². The maximum Gasteiger partial charge on any atom is 0.303 e. The van der Waals surface area contributed by atoms with Gasteiger partial charge in [0.2, 0.25) is 11.7 Å². The summed E-state index contributed by atoms with van der Waals surface area (Å²) < 4.78 is 46.7. The van der Waals surface area contributed by atoms with E-state index in [1.165, 1.54) is 11.1 Å². The first-order valence-electron chi connectivity index (χ1n) is 17.8. The van der Waals surface area contributed by atoms with Crippen LogP contribution in [0.2, 0.25) is 0 Å². The molecule has 2 fully saturated rings. The van der Waals surface area contributed by atoms with E-state index in [4.69, 9.17) is 9.84 Å². The Morgan fingerprint density at radius 2 is 1.67 bits per heavy atom. The lowest BCUT2D eigenvalue weighted by Gasteiger charge is -2.45. The number of rotatable bonds is 15. The standard InChI is InChI=1S/C40H44F3N3O5/c1-25-6-2-3-8-27(25)19-20-46(30-15-16-30)40(50)37-31(22-29-23-45(24-34(37)44-29)35(47)9-4-10-36(48)49)28-13-11-26(12-14-28)7-5-21-51-39-33(42)18-17-32(41)38(39)43/h2-3,6,8,11-14,17-18,29-30,34,44H,4-5,7,9-10,15-16,19-24H2,1H3,(H,48,49)/t29-,34-/m1/s1. The van der Waals surface area contributed by atoms with E-state index in [9.17, 15) is 27.6 Å². The number of hydrogen-bond acceptors (Lipinski definition) is 5. The molecule has 6 rings (SSSR count). The van der Waals surface area contributed by atoms with Crippen molar-refractivity contribution in [3.63, 3.8) is 0 Å². The van der Waals surface area contributed by atoms with Crippen molar-refractivity contribution in [3.8, 4) is 5.75 Å². The van der Waals surface area contributed by atoms with Crippen molar-refractivity contribution in [2.75, 3.05) is 26.2 Å². The molecule has 0 radical (unpaired) electrons. The topological polar surface area (TPSA) is 99.2 Å². The maximum atomic E-state index is 14.7. The fraction of sp³-hybridized carbons (Fsp3) is 0.425. The Kier molecular flexibility index (Phi) is 11.4. The van der Waals surface area contributed by atoms with E-state index in [0.717, 1.165) is 48.1 Å². The van der Waals surface area contributed by atoms with Gasteiger partial charge in [-0.25, -0.2) is 8.78 Å². The summed E-state index contributed by atoms with van der Waals surface area (Å²) in [5.74, 6) is -5.23. The Hall–Kier alpha value is -4.64. The minimum Gasteiger partial charge on any atom is -0.488 e. The number of benzene rings is 3. The van der Waals surface area contributed by atoms with Gasteiger partial charge < -0.3 is 25.0 Å². The van der Waals surface area contributed by atoms with Crippen LogP contribution in [-0.4, -0.2) is 77.1 Å². The number of carbonyl (C=O) groups excluding carboxylic acids is 2. The molecule has 0 spiro atoms. The monoisotopic (exact) mass is 703 g/mol. The number of hydrogen-bond donors (Lipinski definition) is 2. The summed E-state index contributed by atoms with van der Waals surface area (Å²) in [7, 11) is 0. The predicted octanol–water partition coefficient (Wildman–Crippen LogP) is 6.24. The van der Waals surface area contributed by atoms with Gasteiger partial charge >= 0.3 is 5.97 Å². The van der Waals surface area contributed by atoms with Crippen LogP contribution in [0.25, 0.3) is 5.57 Å². The number of ether oxygens (including phenoxy) is 1. The van der Waals surface area contributed by atoms with Gasteiger partial charge in [0.05, 0.1) is 12.6 Å². The number of carboxylic acid groups (broad SMARTS) is 1. The summed E-state index contributed by atoms with van der Waals surface area (Å²) in [6.07, 6.45) is 4.55. The molecule has 2 N–H and O–H groups in total. The molecule has 2 atom stereocenters. The molecule has 1 aliphatic carbocycles. The second-order valence-electron chi connectivity index (χ2n) is 13.8. The highest BCUT2D eigenvalue weighted by Crippen LogP contribution is 2.37. The zero-order chi connectivity index (χ0) is 36.1. The highest BCUT2D eigenvalue weighted by atomic mass is 19.2. The first kappa shape index (κ1) is 36.2. The number of piperazine rings is 1. The van der Waals surface area contributed by atoms with Gasteiger partial charge in [0.25, 0.3) is 5.91 Å². The van der Waals surface area contributed by atoms with Crippen LogP contribution in [0, 0.1) is 24.4 Å². The number of fused-ring (bicyclic) bond motifs is 2. The van der Waals surface area contributed by atoms with E-state index >= 15 is 0 Å². The largest absolute Gasteiger partial charge is 0.488 e. The van der Waals surface area contributed by atoms with E-state index in [1.54, 1.807) is 4.90 Å². The average molecular weight is 704 g/mol. The zero-order valence-corrected chi connectivity index (χ0v) is 28.8. The van der Waals surface area contributed by atoms with Crippen LogP contribution in [-0.2, 0) is 27.2 Å². The van der Waals surface area contributed by atoms with Crippen LogP contribution in [0.15, 0.2) is 66.2 Å². The van der Waals surface area contributed by atoms with Crippen LogP contribution in [0.1, 0.15) is 67.2 Å². The minimum absolute atomic E-state index is 0.00289. The van der Waals surface area contributed by atoms with E-state index in [0.29, 0.717) is 44.5 Å². The lowest BCUT2D eigenvalue weighted by Crippen LogP contribution is -2.62. The lowest BCUT2D eigenvalue weighted by molar-refractivity contribution is -0.138. The Bertz CT molecular complexity index is 1790. The molecule has 2 amide bonds. The Labute approximate surface area is 296 Å². The lowest BCUT2D eigenvalue weighted by atomic mass is 9.82. The fourth-order valence-electron chi connectivity index (χ4n) is 7.21. The molecule has 2 bridgehead atoms. The number of aryl methyl sites for hydroxylation is 2. The van der Waals surface area contributed by atoms with Gasteiger partial charge in [0.15, 0.2) is 17.4 Å². The second kappa shape index (κ2) is 16.1. The number of halogens is 3. The SMILES string of the molecule is Cc1ccccc1CCN(C(=O)C1=C(c2ccc(CCCOc3c(F)ccc(F)c3F)cc2)C[C@@H]2CN(C(=O)CCCC(=O)O)C[C@H]1N2)C1CC1. The van der Waals surface area contributed by atoms with E-state index in [2.05, 4.69) is 24.4 Å². The number of nitrogens with zero attached hydrogens (tertiary/aromatic N) is 2. The Balaban J connectivity index is 1.21. The third-order valence-electron chi connectivity index (χ3n) is 10.1. The smallest absolute Gasteiger partial charge is 0.303 e.